The highest BCUT2D eigenvalue weighted by Gasteiger charge is 2.13. The van der Waals surface area contributed by atoms with Gasteiger partial charge >= 0.3 is 0 Å². The predicted octanol–water partition coefficient (Wildman–Crippen LogP) is 2.93. The van der Waals surface area contributed by atoms with E-state index in [-0.39, 0.29) is 0 Å². The Morgan fingerprint density at radius 3 is 2.53 bits per heavy atom. The fourth-order valence-corrected chi connectivity index (χ4v) is 2.15. The molecule has 3 heteroatoms. The second kappa shape index (κ2) is 5.93. The minimum absolute atomic E-state index is 0.501. The summed E-state index contributed by atoms with van der Waals surface area (Å²) in [5, 5.41) is 10.3. The van der Waals surface area contributed by atoms with Gasteiger partial charge in [0.05, 0.1) is 5.69 Å². The SMILES string of the molecule is CCc1ccc(CC(O)c2ncc(C)cc2C)nc1. The van der Waals surface area contributed by atoms with Gasteiger partial charge in [-0.05, 0) is 43.0 Å². The monoisotopic (exact) mass is 256 g/mol. The number of nitrogens with zero attached hydrogens (tertiary/aromatic N) is 2. The lowest BCUT2D eigenvalue weighted by Crippen LogP contribution is -2.07. The van der Waals surface area contributed by atoms with Crippen molar-refractivity contribution >= 4 is 0 Å². The quantitative estimate of drug-likeness (QED) is 0.914. The summed E-state index contributed by atoms with van der Waals surface area (Å²) in [6.45, 7) is 6.08. The maximum atomic E-state index is 10.3. The van der Waals surface area contributed by atoms with Crippen molar-refractivity contribution < 1.29 is 5.11 Å². The number of aliphatic hydroxyl groups excluding tert-OH is 1. The number of aliphatic hydroxyl groups is 1. The predicted molar refractivity (Wildman–Crippen MR) is 76.0 cm³/mol. The second-order valence-electron chi connectivity index (χ2n) is 4.95. The third kappa shape index (κ3) is 3.38. The molecule has 2 rings (SSSR count). The molecule has 0 aromatic carbocycles. The van der Waals surface area contributed by atoms with Gasteiger partial charge in [-0.2, -0.15) is 0 Å². The van der Waals surface area contributed by atoms with Crippen LogP contribution >= 0.6 is 0 Å². The Morgan fingerprint density at radius 2 is 1.95 bits per heavy atom. The standard InChI is InChI=1S/C16H20N2O/c1-4-13-5-6-14(17-10-13)8-15(19)16-12(3)7-11(2)9-18-16/h5-7,9-10,15,19H,4,8H2,1-3H3. The molecule has 2 aromatic heterocycles. The van der Waals surface area contributed by atoms with E-state index in [0.29, 0.717) is 6.42 Å². The van der Waals surface area contributed by atoms with Gasteiger partial charge in [0.1, 0.15) is 6.10 Å². The molecule has 1 N–H and O–H groups in total. The number of pyridine rings is 2. The second-order valence-corrected chi connectivity index (χ2v) is 4.95. The van der Waals surface area contributed by atoms with Crippen LogP contribution in [0.25, 0.3) is 0 Å². The van der Waals surface area contributed by atoms with E-state index in [9.17, 15) is 5.11 Å². The molecule has 0 bridgehead atoms. The summed E-state index contributed by atoms with van der Waals surface area (Å²) in [5.74, 6) is 0. The largest absolute Gasteiger partial charge is 0.386 e. The van der Waals surface area contributed by atoms with E-state index in [0.717, 1.165) is 28.9 Å². The van der Waals surface area contributed by atoms with Crippen LogP contribution in [-0.4, -0.2) is 15.1 Å². The molecular weight excluding hydrogens is 236 g/mol. The first-order valence-corrected chi connectivity index (χ1v) is 6.65. The third-order valence-corrected chi connectivity index (χ3v) is 3.27. The van der Waals surface area contributed by atoms with Crippen LogP contribution in [0.1, 0.15) is 41.1 Å². The van der Waals surface area contributed by atoms with Crippen LogP contribution in [-0.2, 0) is 12.8 Å². The van der Waals surface area contributed by atoms with Crippen LogP contribution < -0.4 is 0 Å². The summed E-state index contributed by atoms with van der Waals surface area (Å²) >= 11 is 0. The van der Waals surface area contributed by atoms with Crippen LogP contribution in [0.2, 0.25) is 0 Å². The number of rotatable bonds is 4. The van der Waals surface area contributed by atoms with Gasteiger partial charge in [-0.3, -0.25) is 9.97 Å². The van der Waals surface area contributed by atoms with Crippen LogP contribution in [0.3, 0.4) is 0 Å². The first-order chi connectivity index (χ1) is 9.10. The van der Waals surface area contributed by atoms with Crippen LogP contribution in [0.4, 0.5) is 0 Å². The third-order valence-electron chi connectivity index (χ3n) is 3.27. The average molecular weight is 256 g/mol. The van der Waals surface area contributed by atoms with Crippen LogP contribution in [0.5, 0.6) is 0 Å². The van der Waals surface area contributed by atoms with Gasteiger partial charge in [-0.1, -0.05) is 19.1 Å². The molecule has 2 heterocycles. The van der Waals surface area contributed by atoms with Crippen molar-refractivity contribution in [3.05, 3.63) is 58.7 Å². The lowest BCUT2D eigenvalue weighted by atomic mass is 10.0. The Hall–Kier alpha value is -1.74. The molecule has 3 nitrogen and oxygen atoms in total. The van der Waals surface area contributed by atoms with Crippen molar-refractivity contribution in [2.24, 2.45) is 0 Å². The first-order valence-electron chi connectivity index (χ1n) is 6.65. The Morgan fingerprint density at radius 1 is 1.16 bits per heavy atom. The molecule has 0 aliphatic heterocycles. The molecule has 0 spiro atoms. The Balaban J connectivity index is 2.13. The highest BCUT2D eigenvalue weighted by atomic mass is 16.3. The summed E-state index contributed by atoms with van der Waals surface area (Å²) in [6.07, 6.45) is 4.55. The normalized spacial score (nSPS) is 12.4. The van der Waals surface area contributed by atoms with Crippen molar-refractivity contribution in [2.75, 3.05) is 0 Å². The molecule has 0 aliphatic carbocycles. The summed E-state index contributed by atoms with van der Waals surface area (Å²) in [6, 6.07) is 6.08. The van der Waals surface area contributed by atoms with Gasteiger partial charge in [0, 0.05) is 24.5 Å². The topological polar surface area (TPSA) is 46.0 Å². The zero-order chi connectivity index (χ0) is 13.8. The van der Waals surface area contributed by atoms with E-state index in [2.05, 4.69) is 23.0 Å². The lowest BCUT2D eigenvalue weighted by molar-refractivity contribution is 0.171. The average Bonchev–Trinajstić information content (AvgIpc) is 2.39. The van der Waals surface area contributed by atoms with Gasteiger partial charge in [-0.15, -0.1) is 0 Å². The molecule has 19 heavy (non-hydrogen) atoms. The van der Waals surface area contributed by atoms with Gasteiger partial charge < -0.3 is 5.11 Å². The fraction of sp³-hybridized carbons (Fsp3) is 0.375. The molecule has 1 unspecified atom stereocenters. The molecule has 0 saturated heterocycles. The molecule has 1 atom stereocenters. The van der Waals surface area contributed by atoms with Crippen LogP contribution in [0, 0.1) is 13.8 Å². The minimum Gasteiger partial charge on any atom is -0.386 e. The van der Waals surface area contributed by atoms with Crippen molar-refractivity contribution in [3.63, 3.8) is 0 Å². The van der Waals surface area contributed by atoms with Crippen LogP contribution in [0.15, 0.2) is 30.6 Å². The maximum Gasteiger partial charge on any atom is 0.102 e. The van der Waals surface area contributed by atoms with Crippen molar-refractivity contribution in [2.45, 2.75) is 39.7 Å². The first kappa shape index (κ1) is 13.7. The highest BCUT2D eigenvalue weighted by molar-refractivity contribution is 5.26. The number of aromatic nitrogens is 2. The lowest BCUT2D eigenvalue weighted by Gasteiger charge is -2.13. The summed E-state index contributed by atoms with van der Waals surface area (Å²) in [7, 11) is 0. The zero-order valence-electron chi connectivity index (χ0n) is 11.7. The molecule has 100 valence electrons. The number of hydrogen-bond acceptors (Lipinski definition) is 3. The highest BCUT2D eigenvalue weighted by Crippen LogP contribution is 2.19. The van der Waals surface area contributed by atoms with Gasteiger partial charge in [0.15, 0.2) is 0 Å². The Bertz CT molecular complexity index is 549. The molecular formula is C16H20N2O. The van der Waals surface area contributed by atoms with Gasteiger partial charge in [0.2, 0.25) is 0 Å². The Kier molecular flexibility index (Phi) is 4.27. The summed E-state index contributed by atoms with van der Waals surface area (Å²) in [5.41, 5.74) is 4.98. The maximum absolute atomic E-state index is 10.3. The number of hydrogen-bond donors (Lipinski definition) is 1. The molecule has 0 aliphatic rings. The molecule has 2 aromatic rings. The smallest absolute Gasteiger partial charge is 0.102 e. The van der Waals surface area contributed by atoms with E-state index in [1.165, 1.54) is 5.56 Å². The van der Waals surface area contributed by atoms with E-state index in [4.69, 9.17) is 0 Å². The number of aryl methyl sites for hydroxylation is 3. The van der Waals surface area contributed by atoms with E-state index in [1.807, 2.05) is 32.2 Å². The Labute approximate surface area is 114 Å². The van der Waals surface area contributed by atoms with Gasteiger partial charge in [-0.25, -0.2) is 0 Å². The molecule has 0 amide bonds. The molecule has 0 fully saturated rings. The van der Waals surface area contributed by atoms with Crippen molar-refractivity contribution in [1.29, 1.82) is 0 Å². The van der Waals surface area contributed by atoms with E-state index < -0.39 is 6.10 Å². The minimum atomic E-state index is -0.597. The summed E-state index contributed by atoms with van der Waals surface area (Å²) < 4.78 is 0. The summed E-state index contributed by atoms with van der Waals surface area (Å²) in [4.78, 5) is 8.70. The zero-order valence-corrected chi connectivity index (χ0v) is 11.7. The van der Waals surface area contributed by atoms with Crippen molar-refractivity contribution in [3.8, 4) is 0 Å². The van der Waals surface area contributed by atoms with E-state index in [1.54, 1.807) is 6.20 Å². The van der Waals surface area contributed by atoms with Gasteiger partial charge in [0.25, 0.3) is 0 Å². The fourth-order valence-electron chi connectivity index (χ4n) is 2.15. The molecule has 0 saturated carbocycles. The van der Waals surface area contributed by atoms with Crippen molar-refractivity contribution in [1.82, 2.24) is 9.97 Å². The molecule has 0 radical (unpaired) electrons. The van der Waals surface area contributed by atoms with E-state index >= 15 is 0 Å².